The fourth-order valence-electron chi connectivity index (χ4n) is 6.12. The molecule has 4 atom stereocenters. The zero-order valence-corrected chi connectivity index (χ0v) is 18.8. The first-order valence-electron chi connectivity index (χ1n) is 11.6. The monoisotopic (exact) mass is 458 g/mol. The van der Waals surface area contributed by atoms with Crippen molar-refractivity contribution in [2.45, 2.75) is 24.4 Å². The molecule has 3 amide bonds. The number of nitrogens with one attached hydrogen (secondary N) is 3. The van der Waals surface area contributed by atoms with Crippen LogP contribution in [0.5, 0.6) is 0 Å². The third-order valence-electron chi connectivity index (χ3n) is 7.56. The molecule has 2 aromatic carbocycles. The standard InChI is InChI=1S/C26H26N4O4/c1-34-12-6-11-30-23(31)21-20(13-15-14-27-18-9-4-2-7-16(15)18)29-26(22(21)24(30)32)17-8-3-5-10-19(17)28-25(26)33/h2-5,7-10,14,20-22,27,29H,6,11-13H2,1H3,(H,28,33)/t20-,21+,22-,26+/m0/s1. The van der Waals surface area contributed by atoms with Gasteiger partial charge in [-0.25, -0.2) is 0 Å². The molecule has 3 aliphatic rings. The molecule has 0 radical (unpaired) electrons. The van der Waals surface area contributed by atoms with E-state index >= 15 is 0 Å². The summed E-state index contributed by atoms with van der Waals surface area (Å²) >= 11 is 0. The molecule has 4 heterocycles. The lowest BCUT2D eigenvalue weighted by molar-refractivity contribution is -0.143. The number of likely N-dealkylation sites (tertiary alicyclic amines) is 1. The molecule has 2 fully saturated rings. The van der Waals surface area contributed by atoms with Crippen LogP contribution in [-0.4, -0.2) is 53.9 Å². The van der Waals surface area contributed by atoms with E-state index in [-0.39, 0.29) is 30.3 Å². The number of ether oxygens (including phenoxy) is 1. The van der Waals surface area contributed by atoms with Crippen molar-refractivity contribution in [3.05, 3.63) is 65.9 Å². The Bertz CT molecular complexity index is 1320. The maximum Gasteiger partial charge on any atom is 0.250 e. The van der Waals surface area contributed by atoms with Gasteiger partial charge >= 0.3 is 0 Å². The number of imide groups is 1. The number of aromatic amines is 1. The Balaban J connectivity index is 1.43. The van der Waals surface area contributed by atoms with Crippen molar-refractivity contribution in [1.29, 1.82) is 0 Å². The number of methoxy groups -OCH3 is 1. The third-order valence-corrected chi connectivity index (χ3v) is 7.56. The Morgan fingerprint density at radius 2 is 1.82 bits per heavy atom. The maximum atomic E-state index is 13.7. The number of H-pyrrole nitrogens is 1. The summed E-state index contributed by atoms with van der Waals surface area (Å²) in [5.41, 5.74) is 2.22. The van der Waals surface area contributed by atoms with E-state index in [0.717, 1.165) is 22.0 Å². The normalized spacial score (nSPS) is 27.6. The van der Waals surface area contributed by atoms with Crippen LogP contribution in [0.3, 0.4) is 0 Å². The SMILES string of the molecule is COCCCN1C(=O)[C@@H]2[C@H](Cc3c[nH]c4ccccc34)N[C@@]3(C(=O)Nc4ccccc43)[C@@H]2C1=O. The van der Waals surface area contributed by atoms with Crippen LogP contribution in [0.15, 0.2) is 54.7 Å². The predicted octanol–water partition coefficient (Wildman–Crippen LogP) is 2.17. The van der Waals surface area contributed by atoms with Gasteiger partial charge in [0.15, 0.2) is 0 Å². The Kier molecular flexibility index (Phi) is 4.82. The van der Waals surface area contributed by atoms with Crippen LogP contribution in [0.2, 0.25) is 0 Å². The van der Waals surface area contributed by atoms with Crippen LogP contribution >= 0.6 is 0 Å². The number of carbonyl (C=O) groups is 3. The van der Waals surface area contributed by atoms with E-state index in [2.05, 4.69) is 15.6 Å². The van der Waals surface area contributed by atoms with Crippen LogP contribution in [0.25, 0.3) is 10.9 Å². The lowest BCUT2D eigenvalue weighted by Gasteiger charge is -2.29. The van der Waals surface area contributed by atoms with Crippen molar-refractivity contribution in [3.8, 4) is 0 Å². The summed E-state index contributed by atoms with van der Waals surface area (Å²) in [4.78, 5) is 45.5. The first kappa shape index (κ1) is 21.1. The number of para-hydroxylation sites is 2. The molecule has 3 aromatic rings. The average molecular weight is 459 g/mol. The number of aromatic nitrogens is 1. The molecular weight excluding hydrogens is 432 g/mol. The minimum absolute atomic E-state index is 0.211. The van der Waals surface area contributed by atoms with Gasteiger partial charge in [0.2, 0.25) is 17.7 Å². The number of rotatable bonds is 6. The molecule has 6 rings (SSSR count). The first-order valence-corrected chi connectivity index (χ1v) is 11.6. The van der Waals surface area contributed by atoms with Gasteiger partial charge in [-0.1, -0.05) is 36.4 Å². The highest BCUT2D eigenvalue weighted by atomic mass is 16.5. The van der Waals surface area contributed by atoms with Crippen molar-refractivity contribution in [3.63, 3.8) is 0 Å². The van der Waals surface area contributed by atoms with E-state index in [9.17, 15) is 14.4 Å². The summed E-state index contributed by atoms with van der Waals surface area (Å²) in [6.45, 7) is 0.746. The summed E-state index contributed by atoms with van der Waals surface area (Å²) in [7, 11) is 1.60. The minimum Gasteiger partial charge on any atom is -0.385 e. The summed E-state index contributed by atoms with van der Waals surface area (Å²) in [5, 5.41) is 7.53. The number of amides is 3. The molecule has 0 unspecified atom stereocenters. The molecule has 3 N–H and O–H groups in total. The maximum absolute atomic E-state index is 13.7. The summed E-state index contributed by atoms with van der Waals surface area (Å²) in [6, 6.07) is 15.1. The van der Waals surface area contributed by atoms with Gasteiger partial charge in [0.1, 0.15) is 5.54 Å². The number of nitrogens with zero attached hydrogens (tertiary/aromatic N) is 1. The van der Waals surface area contributed by atoms with E-state index in [4.69, 9.17) is 4.74 Å². The van der Waals surface area contributed by atoms with Crippen LogP contribution in [0, 0.1) is 11.8 Å². The quantitative estimate of drug-likeness (QED) is 0.388. The molecule has 1 spiro atoms. The number of fused-ring (bicyclic) bond motifs is 5. The van der Waals surface area contributed by atoms with E-state index in [0.29, 0.717) is 25.1 Å². The van der Waals surface area contributed by atoms with Crippen molar-refractivity contribution >= 4 is 34.3 Å². The number of hydrogen-bond acceptors (Lipinski definition) is 5. The summed E-state index contributed by atoms with van der Waals surface area (Å²) in [6.07, 6.45) is 3.03. The van der Waals surface area contributed by atoms with Crippen LogP contribution < -0.4 is 10.6 Å². The second kappa shape index (κ2) is 7.78. The van der Waals surface area contributed by atoms with Crippen molar-refractivity contribution < 1.29 is 19.1 Å². The number of carbonyl (C=O) groups excluding carboxylic acids is 3. The lowest BCUT2D eigenvalue weighted by atomic mass is 9.76. The van der Waals surface area contributed by atoms with Gasteiger partial charge in [-0.2, -0.15) is 0 Å². The minimum atomic E-state index is -1.26. The topological polar surface area (TPSA) is 104 Å². The molecule has 1 aromatic heterocycles. The van der Waals surface area contributed by atoms with Crippen LogP contribution in [-0.2, 0) is 31.1 Å². The highest BCUT2D eigenvalue weighted by Crippen LogP contribution is 2.53. The smallest absolute Gasteiger partial charge is 0.250 e. The molecule has 34 heavy (non-hydrogen) atoms. The van der Waals surface area contributed by atoms with Crippen LogP contribution in [0.1, 0.15) is 17.5 Å². The Hall–Kier alpha value is -3.49. The van der Waals surface area contributed by atoms with Crippen LogP contribution in [0.4, 0.5) is 5.69 Å². The molecular formula is C26H26N4O4. The largest absolute Gasteiger partial charge is 0.385 e. The molecule has 174 valence electrons. The molecule has 2 saturated heterocycles. The molecule has 8 heteroatoms. The highest BCUT2D eigenvalue weighted by Gasteiger charge is 2.70. The summed E-state index contributed by atoms with van der Waals surface area (Å²) in [5.74, 6) is -2.18. The van der Waals surface area contributed by atoms with E-state index in [1.165, 1.54) is 4.90 Å². The van der Waals surface area contributed by atoms with Gasteiger partial charge in [-0.3, -0.25) is 24.6 Å². The van der Waals surface area contributed by atoms with Gasteiger partial charge in [-0.15, -0.1) is 0 Å². The Labute approximate surface area is 196 Å². The van der Waals surface area contributed by atoms with Gasteiger partial charge in [0.25, 0.3) is 0 Å². The van der Waals surface area contributed by atoms with E-state index in [1.54, 1.807) is 7.11 Å². The van der Waals surface area contributed by atoms with E-state index < -0.39 is 17.4 Å². The zero-order valence-electron chi connectivity index (χ0n) is 18.8. The fraction of sp³-hybridized carbons (Fsp3) is 0.346. The zero-order chi connectivity index (χ0) is 23.4. The first-order chi connectivity index (χ1) is 16.6. The van der Waals surface area contributed by atoms with Gasteiger partial charge < -0.3 is 15.0 Å². The molecule has 0 bridgehead atoms. The van der Waals surface area contributed by atoms with Gasteiger partial charge in [0, 0.05) is 54.7 Å². The lowest BCUT2D eigenvalue weighted by Crippen LogP contribution is -2.53. The van der Waals surface area contributed by atoms with Crippen molar-refractivity contribution in [2.24, 2.45) is 11.8 Å². The molecule has 3 aliphatic heterocycles. The second-order valence-electron chi connectivity index (χ2n) is 9.30. The van der Waals surface area contributed by atoms with Gasteiger partial charge in [-0.05, 0) is 30.5 Å². The highest BCUT2D eigenvalue weighted by molar-refractivity contribution is 6.15. The van der Waals surface area contributed by atoms with E-state index in [1.807, 2.05) is 54.7 Å². The van der Waals surface area contributed by atoms with Crippen molar-refractivity contribution in [2.75, 3.05) is 25.6 Å². The Morgan fingerprint density at radius 1 is 1.03 bits per heavy atom. The molecule has 0 saturated carbocycles. The average Bonchev–Trinajstić information content (AvgIpc) is 3.55. The van der Waals surface area contributed by atoms with Crippen molar-refractivity contribution in [1.82, 2.24) is 15.2 Å². The second-order valence-corrected chi connectivity index (χ2v) is 9.30. The third kappa shape index (κ3) is 2.82. The molecule has 0 aliphatic carbocycles. The number of hydrogen-bond donors (Lipinski definition) is 3. The number of benzene rings is 2. The Morgan fingerprint density at radius 3 is 2.68 bits per heavy atom. The predicted molar refractivity (Wildman–Crippen MR) is 126 cm³/mol. The summed E-state index contributed by atoms with van der Waals surface area (Å²) < 4.78 is 5.13. The number of anilines is 1. The fourth-order valence-corrected chi connectivity index (χ4v) is 6.12. The molecule has 8 nitrogen and oxygen atoms in total. The van der Waals surface area contributed by atoms with Gasteiger partial charge in [0.05, 0.1) is 11.8 Å².